The smallest absolute Gasteiger partial charge is 0.164 e. The van der Waals surface area contributed by atoms with Gasteiger partial charge in [-0.15, -0.1) is 0 Å². The van der Waals surface area contributed by atoms with Crippen molar-refractivity contribution in [1.82, 2.24) is 0 Å². The molecule has 0 heterocycles. The van der Waals surface area contributed by atoms with Crippen molar-refractivity contribution in [2.45, 2.75) is 44.9 Å². The molecule has 0 atom stereocenters. The maximum absolute atomic E-state index is 12.1. The first-order valence-electron chi connectivity index (χ1n) is 7.04. The maximum Gasteiger partial charge on any atom is 0.164 e. The van der Waals surface area contributed by atoms with Crippen LogP contribution in [0.3, 0.4) is 0 Å². The van der Waals surface area contributed by atoms with E-state index in [1.54, 1.807) is 0 Å². The first-order valence-corrected chi connectivity index (χ1v) is 7.04. The number of benzene rings is 1. The Bertz CT molecular complexity index is 405. The molecule has 1 aliphatic carbocycles. The van der Waals surface area contributed by atoms with Crippen LogP contribution in [-0.2, 0) is 0 Å². The third-order valence-electron chi connectivity index (χ3n) is 4.09. The second-order valence-corrected chi connectivity index (χ2v) is 5.51. The molecule has 0 aliphatic heterocycles. The molecule has 1 aromatic carbocycles. The molecule has 0 radical (unpaired) electrons. The minimum atomic E-state index is 0.201. The van der Waals surface area contributed by atoms with Gasteiger partial charge in [0, 0.05) is 12.0 Å². The van der Waals surface area contributed by atoms with Crippen LogP contribution in [0.1, 0.15) is 60.9 Å². The SMILES string of the molecule is CC1CCC(c2ccccc2C(=O)CCN)CC1. The summed E-state index contributed by atoms with van der Waals surface area (Å²) in [4.78, 5) is 12.1. The van der Waals surface area contributed by atoms with Gasteiger partial charge in [-0.1, -0.05) is 44.0 Å². The van der Waals surface area contributed by atoms with Crippen molar-refractivity contribution < 1.29 is 4.79 Å². The van der Waals surface area contributed by atoms with E-state index in [0.29, 0.717) is 18.9 Å². The number of hydrogen-bond acceptors (Lipinski definition) is 2. The quantitative estimate of drug-likeness (QED) is 0.825. The second kappa shape index (κ2) is 6.14. The summed E-state index contributed by atoms with van der Waals surface area (Å²) < 4.78 is 0. The van der Waals surface area contributed by atoms with E-state index in [1.807, 2.05) is 18.2 Å². The Hall–Kier alpha value is -1.15. The lowest BCUT2D eigenvalue weighted by Gasteiger charge is -2.27. The lowest BCUT2D eigenvalue weighted by molar-refractivity contribution is 0.0983. The molecular weight excluding hydrogens is 222 g/mol. The average molecular weight is 245 g/mol. The van der Waals surface area contributed by atoms with E-state index >= 15 is 0 Å². The summed E-state index contributed by atoms with van der Waals surface area (Å²) in [5.74, 6) is 1.61. The van der Waals surface area contributed by atoms with Gasteiger partial charge in [0.15, 0.2) is 5.78 Å². The highest BCUT2D eigenvalue weighted by Gasteiger charge is 2.23. The Morgan fingerprint density at radius 1 is 1.22 bits per heavy atom. The van der Waals surface area contributed by atoms with Crippen LogP contribution in [-0.4, -0.2) is 12.3 Å². The highest BCUT2D eigenvalue weighted by atomic mass is 16.1. The molecule has 98 valence electrons. The van der Waals surface area contributed by atoms with Gasteiger partial charge in [-0.05, 0) is 36.8 Å². The zero-order valence-corrected chi connectivity index (χ0v) is 11.2. The Balaban J connectivity index is 2.19. The lowest BCUT2D eigenvalue weighted by Crippen LogP contribution is -2.15. The normalized spacial score (nSPS) is 23.9. The maximum atomic E-state index is 12.1. The monoisotopic (exact) mass is 245 g/mol. The van der Waals surface area contributed by atoms with Gasteiger partial charge in [-0.2, -0.15) is 0 Å². The van der Waals surface area contributed by atoms with Crippen LogP contribution in [0.4, 0.5) is 0 Å². The van der Waals surface area contributed by atoms with Gasteiger partial charge in [-0.25, -0.2) is 0 Å². The Morgan fingerprint density at radius 3 is 2.56 bits per heavy atom. The molecule has 1 aliphatic rings. The fourth-order valence-corrected chi connectivity index (χ4v) is 2.94. The fraction of sp³-hybridized carbons (Fsp3) is 0.562. The van der Waals surface area contributed by atoms with Crippen LogP contribution in [0.15, 0.2) is 24.3 Å². The summed E-state index contributed by atoms with van der Waals surface area (Å²) in [5, 5.41) is 0. The van der Waals surface area contributed by atoms with Crippen molar-refractivity contribution in [3.8, 4) is 0 Å². The zero-order valence-electron chi connectivity index (χ0n) is 11.2. The van der Waals surface area contributed by atoms with Gasteiger partial charge in [0.05, 0.1) is 0 Å². The number of Topliss-reactive ketones (excluding diaryl/α,β-unsaturated/α-hetero) is 1. The lowest BCUT2D eigenvalue weighted by atomic mass is 9.77. The summed E-state index contributed by atoms with van der Waals surface area (Å²) in [6.07, 6.45) is 5.45. The van der Waals surface area contributed by atoms with Gasteiger partial charge in [0.1, 0.15) is 0 Å². The highest BCUT2D eigenvalue weighted by Crippen LogP contribution is 2.37. The predicted molar refractivity (Wildman–Crippen MR) is 74.8 cm³/mol. The van der Waals surface area contributed by atoms with Crippen LogP contribution in [0.2, 0.25) is 0 Å². The minimum absolute atomic E-state index is 0.201. The molecule has 0 spiro atoms. The van der Waals surface area contributed by atoms with Crippen LogP contribution in [0.5, 0.6) is 0 Å². The highest BCUT2D eigenvalue weighted by molar-refractivity contribution is 5.97. The Morgan fingerprint density at radius 2 is 1.89 bits per heavy atom. The molecule has 0 aromatic heterocycles. The standard InChI is InChI=1S/C16H23NO/c1-12-6-8-13(9-7-12)14-4-2-3-5-15(14)16(18)10-11-17/h2-5,12-13H,6-11,17H2,1H3. The number of rotatable bonds is 4. The van der Waals surface area contributed by atoms with Crippen molar-refractivity contribution in [1.29, 1.82) is 0 Å². The van der Waals surface area contributed by atoms with Gasteiger partial charge >= 0.3 is 0 Å². The van der Waals surface area contributed by atoms with E-state index in [0.717, 1.165) is 11.5 Å². The molecule has 0 amide bonds. The molecule has 2 nitrogen and oxygen atoms in total. The first-order chi connectivity index (χ1) is 8.72. The molecule has 1 aromatic rings. The third-order valence-corrected chi connectivity index (χ3v) is 4.09. The minimum Gasteiger partial charge on any atom is -0.330 e. The Labute approximate surface area is 110 Å². The third kappa shape index (κ3) is 2.99. The molecule has 1 fully saturated rings. The van der Waals surface area contributed by atoms with E-state index in [9.17, 15) is 4.79 Å². The van der Waals surface area contributed by atoms with Crippen molar-refractivity contribution in [2.75, 3.05) is 6.54 Å². The van der Waals surface area contributed by atoms with Crippen LogP contribution >= 0.6 is 0 Å². The molecule has 0 bridgehead atoms. The largest absolute Gasteiger partial charge is 0.330 e. The van der Waals surface area contributed by atoms with Crippen molar-refractivity contribution in [3.63, 3.8) is 0 Å². The summed E-state index contributed by atoms with van der Waals surface area (Å²) in [7, 11) is 0. The molecule has 0 saturated heterocycles. The van der Waals surface area contributed by atoms with Crippen molar-refractivity contribution >= 4 is 5.78 Å². The van der Waals surface area contributed by atoms with Crippen LogP contribution in [0.25, 0.3) is 0 Å². The van der Waals surface area contributed by atoms with E-state index in [4.69, 9.17) is 5.73 Å². The van der Waals surface area contributed by atoms with Gasteiger partial charge in [0.25, 0.3) is 0 Å². The molecule has 1 saturated carbocycles. The molecule has 18 heavy (non-hydrogen) atoms. The van der Waals surface area contributed by atoms with Gasteiger partial charge < -0.3 is 5.73 Å². The van der Waals surface area contributed by atoms with Crippen LogP contribution in [0, 0.1) is 5.92 Å². The molecule has 0 unspecified atom stereocenters. The fourth-order valence-electron chi connectivity index (χ4n) is 2.94. The van der Waals surface area contributed by atoms with Gasteiger partial charge in [0.2, 0.25) is 0 Å². The molecule has 2 rings (SSSR count). The van der Waals surface area contributed by atoms with Gasteiger partial charge in [-0.3, -0.25) is 4.79 Å². The molecule has 2 heteroatoms. The number of carbonyl (C=O) groups excluding carboxylic acids is 1. The number of ketones is 1. The molecular formula is C16H23NO. The Kier molecular flexibility index (Phi) is 4.54. The topological polar surface area (TPSA) is 43.1 Å². The second-order valence-electron chi connectivity index (χ2n) is 5.51. The van der Waals surface area contributed by atoms with Crippen LogP contribution < -0.4 is 5.73 Å². The summed E-state index contributed by atoms with van der Waals surface area (Å²) in [6.45, 7) is 2.76. The van der Waals surface area contributed by atoms with E-state index < -0.39 is 0 Å². The average Bonchev–Trinajstić information content (AvgIpc) is 2.40. The van der Waals surface area contributed by atoms with Crippen molar-refractivity contribution in [2.24, 2.45) is 11.7 Å². The number of carbonyl (C=O) groups is 1. The summed E-state index contributed by atoms with van der Waals surface area (Å²) in [5.41, 5.74) is 7.65. The first kappa shape index (κ1) is 13.3. The van der Waals surface area contributed by atoms with E-state index in [2.05, 4.69) is 13.0 Å². The summed E-state index contributed by atoms with van der Waals surface area (Å²) in [6, 6.07) is 8.10. The van der Waals surface area contributed by atoms with Crippen molar-refractivity contribution in [3.05, 3.63) is 35.4 Å². The predicted octanol–water partition coefficient (Wildman–Crippen LogP) is 3.51. The number of hydrogen-bond donors (Lipinski definition) is 1. The van der Waals surface area contributed by atoms with E-state index in [-0.39, 0.29) is 5.78 Å². The summed E-state index contributed by atoms with van der Waals surface area (Å²) >= 11 is 0. The molecule has 2 N–H and O–H groups in total. The number of nitrogens with two attached hydrogens (primary N) is 1. The zero-order chi connectivity index (χ0) is 13.0. The van der Waals surface area contributed by atoms with E-state index in [1.165, 1.54) is 31.2 Å².